The molecule has 1 fully saturated rings. The monoisotopic (exact) mass is 253 g/mol. The molecule has 3 nitrogen and oxygen atoms in total. The molecule has 0 atom stereocenters. The van der Waals surface area contributed by atoms with Gasteiger partial charge in [0.15, 0.2) is 0 Å². The first-order chi connectivity index (χ1) is 8.72. The average molecular weight is 253 g/mol. The number of hydrogen-bond donors (Lipinski definition) is 1. The number of hydrogen-bond acceptors (Lipinski definition) is 2. The van der Waals surface area contributed by atoms with Gasteiger partial charge in [-0.05, 0) is 38.1 Å². The molecule has 1 aliphatic rings. The van der Waals surface area contributed by atoms with E-state index in [2.05, 4.69) is 11.5 Å². The van der Waals surface area contributed by atoms with E-state index in [1.165, 1.54) is 38.6 Å². The van der Waals surface area contributed by atoms with Crippen LogP contribution in [0.4, 0.5) is 0 Å². The first-order valence-corrected chi connectivity index (χ1v) is 7.27. The van der Waals surface area contributed by atoms with Gasteiger partial charge in [-0.1, -0.05) is 25.3 Å². The SMILES string of the molecule is C=CCN(CCCCC(=O)O)CC1CCCCC1. The van der Waals surface area contributed by atoms with Crippen molar-refractivity contribution in [3.8, 4) is 0 Å². The Hall–Kier alpha value is -0.830. The van der Waals surface area contributed by atoms with Gasteiger partial charge in [-0.2, -0.15) is 0 Å². The fourth-order valence-corrected chi connectivity index (χ4v) is 2.79. The summed E-state index contributed by atoms with van der Waals surface area (Å²) in [6.45, 7) is 6.92. The number of carboxylic acid groups (broad SMARTS) is 1. The van der Waals surface area contributed by atoms with Gasteiger partial charge in [-0.25, -0.2) is 0 Å². The van der Waals surface area contributed by atoms with Gasteiger partial charge in [0, 0.05) is 19.5 Å². The van der Waals surface area contributed by atoms with Gasteiger partial charge in [0.25, 0.3) is 0 Å². The van der Waals surface area contributed by atoms with E-state index in [1.54, 1.807) is 0 Å². The molecule has 1 rings (SSSR count). The Morgan fingerprint density at radius 2 is 2.00 bits per heavy atom. The van der Waals surface area contributed by atoms with Gasteiger partial charge in [0.1, 0.15) is 0 Å². The normalized spacial score (nSPS) is 16.9. The van der Waals surface area contributed by atoms with Crippen molar-refractivity contribution in [3.63, 3.8) is 0 Å². The van der Waals surface area contributed by atoms with Crippen LogP contribution in [-0.4, -0.2) is 35.6 Å². The lowest BCUT2D eigenvalue weighted by Gasteiger charge is -2.29. The third-order valence-corrected chi connectivity index (χ3v) is 3.74. The Balaban J connectivity index is 2.20. The molecular formula is C15H27NO2. The smallest absolute Gasteiger partial charge is 0.303 e. The van der Waals surface area contributed by atoms with Crippen LogP contribution < -0.4 is 0 Å². The highest BCUT2D eigenvalue weighted by Gasteiger charge is 2.16. The zero-order chi connectivity index (χ0) is 13.2. The fraction of sp³-hybridized carbons (Fsp3) is 0.800. The van der Waals surface area contributed by atoms with Crippen molar-refractivity contribution in [1.82, 2.24) is 4.90 Å². The van der Waals surface area contributed by atoms with E-state index in [1.807, 2.05) is 6.08 Å². The maximum absolute atomic E-state index is 10.5. The Kier molecular flexibility index (Phi) is 7.74. The lowest BCUT2D eigenvalue weighted by Crippen LogP contribution is -2.31. The molecule has 0 saturated heterocycles. The van der Waals surface area contributed by atoms with Crippen LogP contribution >= 0.6 is 0 Å². The first kappa shape index (κ1) is 15.2. The number of rotatable bonds is 9. The van der Waals surface area contributed by atoms with Crippen molar-refractivity contribution in [1.29, 1.82) is 0 Å². The molecule has 0 aromatic heterocycles. The van der Waals surface area contributed by atoms with E-state index in [0.29, 0.717) is 6.42 Å². The van der Waals surface area contributed by atoms with Gasteiger partial charge < -0.3 is 5.11 Å². The highest BCUT2D eigenvalue weighted by Crippen LogP contribution is 2.24. The van der Waals surface area contributed by atoms with Crippen LogP contribution in [0, 0.1) is 5.92 Å². The van der Waals surface area contributed by atoms with Gasteiger partial charge in [0.2, 0.25) is 0 Å². The van der Waals surface area contributed by atoms with Gasteiger partial charge in [-0.3, -0.25) is 9.69 Å². The van der Waals surface area contributed by atoms with Crippen molar-refractivity contribution in [2.24, 2.45) is 5.92 Å². The Labute approximate surface area is 111 Å². The third kappa shape index (κ3) is 6.80. The molecular weight excluding hydrogens is 226 g/mol. The summed E-state index contributed by atoms with van der Waals surface area (Å²) >= 11 is 0. The van der Waals surface area contributed by atoms with Crippen LogP contribution in [0.25, 0.3) is 0 Å². The summed E-state index contributed by atoms with van der Waals surface area (Å²) in [5.41, 5.74) is 0. The molecule has 0 aromatic carbocycles. The van der Waals surface area contributed by atoms with Crippen molar-refractivity contribution >= 4 is 5.97 Å². The van der Waals surface area contributed by atoms with E-state index in [0.717, 1.165) is 31.8 Å². The zero-order valence-corrected chi connectivity index (χ0v) is 11.4. The minimum Gasteiger partial charge on any atom is -0.481 e. The molecule has 1 aliphatic carbocycles. The Morgan fingerprint density at radius 1 is 1.28 bits per heavy atom. The van der Waals surface area contributed by atoms with Crippen molar-refractivity contribution in [2.75, 3.05) is 19.6 Å². The topological polar surface area (TPSA) is 40.5 Å². The molecule has 0 bridgehead atoms. The molecule has 1 N–H and O–H groups in total. The molecule has 1 saturated carbocycles. The minimum atomic E-state index is -0.683. The van der Waals surface area contributed by atoms with Crippen molar-refractivity contribution < 1.29 is 9.90 Å². The predicted molar refractivity (Wildman–Crippen MR) is 74.7 cm³/mol. The lowest BCUT2D eigenvalue weighted by molar-refractivity contribution is -0.137. The third-order valence-electron chi connectivity index (χ3n) is 3.74. The highest BCUT2D eigenvalue weighted by atomic mass is 16.4. The molecule has 104 valence electrons. The van der Waals surface area contributed by atoms with Crippen LogP contribution in [-0.2, 0) is 4.79 Å². The molecule has 0 aromatic rings. The quantitative estimate of drug-likeness (QED) is 0.506. The van der Waals surface area contributed by atoms with E-state index in [9.17, 15) is 4.79 Å². The Bertz CT molecular complexity index is 247. The molecule has 0 heterocycles. The van der Waals surface area contributed by atoms with Crippen LogP contribution in [0.2, 0.25) is 0 Å². The number of nitrogens with zero attached hydrogens (tertiary/aromatic N) is 1. The minimum absolute atomic E-state index is 0.297. The number of aliphatic carboxylic acids is 1. The average Bonchev–Trinajstić information content (AvgIpc) is 2.36. The number of carbonyl (C=O) groups is 1. The molecule has 0 spiro atoms. The van der Waals surface area contributed by atoms with E-state index >= 15 is 0 Å². The van der Waals surface area contributed by atoms with Crippen LogP contribution in [0.1, 0.15) is 51.4 Å². The fourth-order valence-electron chi connectivity index (χ4n) is 2.79. The lowest BCUT2D eigenvalue weighted by atomic mass is 9.89. The van der Waals surface area contributed by atoms with Crippen LogP contribution in [0.5, 0.6) is 0 Å². The summed E-state index contributed by atoms with van der Waals surface area (Å²) in [7, 11) is 0. The number of unbranched alkanes of at least 4 members (excludes halogenated alkanes) is 1. The molecule has 3 heteroatoms. The summed E-state index contributed by atoms with van der Waals surface area (Å²) in [4.78, 5) is 12.9. The van der Waals surface area contributed by atoms with E-state index < -0.39 is 5.97 Å². The maximum Gasteiger partial charge on any atom is 0.303 e. The maximum atomic E-state index is 10.5. The van der Waals surface area contributed by atoms with Crippen LogP contribution in [0.3, 0.4) is 0 Å². The number of carboxylic acids is 1. The summed E-state index contributed by atoms with van der Waals surface area (Å²) in [5.74, 6) is 0.163. The second kappa shape index (κ2) is 9.15. The zero-order valence-electron chi connectivity index (χ0n) is 11.4. The molecule has 0 amide bonds. The second-order valence-corrected chi connectivity index (χ2v) is 5.40. The van der Waals surface area contributed by atoms with E-state index in [4.69, 9.17) is 5.11 Å². The van der Waals surface area contributed by atoms with Crippen LogP contribution in [0.15, 0.2) is 12.7 Å². The molecule has 18 heavy (non-hydrogen) atoms. The van der Waals surface area contributed by atoms with Gasteiger partial charge >= 0.3 is 5.97 Å². The van der Waals surface area contributed by atoms with Crippen molar-refractivity contribution in [2.45, 2.75) is 51.4 Å². The second-order valence-electron chi connectivity index (χ2n) is 5.40. The van der Waals surface area contributed by atoms with Gasteiger partial charge in [-0.15, -0.1) is 6.58 Å². The predicted octanol–water partition coefficient (Wildman–Crippen LogP) is 3.31. The largest absolute Gasteiger partial charge is 0.481 e. The summed E-state index contributed by atoms with van der Waals surface area (Å²) in [6, 6.07) is 0. The van der Waals surface area contributed by atoms with Crippen molar-refractivity contribution in [3.05, 3.63) is 12.7 Å². The molecule has 0 unspecified atom stereocenters. The molecule has 0 radical (unpaired) electrons. The summed E-state index contributed by atoms with van der Waals surface area (Å²) < 4.78 is 0. The van der Waals surface area contributed by atoms with Gasteiger partial charge in [0.05, 0.1) is 0 Å². The standard InChI is InChI=1S/C15H27NO2/c1-2-11-16(12-7-6-10-15(17)18)13-14-8-4-3-5-9-14/h2,14H,1,3-13H2,(H,17,18). The Morgan fingerprint density at radius 3 is 2.61 bits per heavy atom. The summed E-state index contributed by atoms with van der Waals surface area (Å²) in [6.07, 6.45) is 10.9. The summed E-state index contributed by atoms with van der Waals surface area (Å²) in [5, 5.41) is 8.61. The molecule has 0 aliphatic heterocycles. The van der Waals surface area contributed by atoms with E-state index in [-0.39, 0.29) is 0 Å². The highest BCUT2D eigenvalue weighted by molar-refractivity contribution is 5.66. The first-order valence-electron chi connectivity index (χ1n) is 7.27.